The fourth-order valence-electron chi connectivity index (χ4n) is 2.48. The molecule has 0 fully saturated rings. The van der Waals surface area contributed by atoms with Crippen molar-refractivity contribution >= 4 is 5.96 Å². The molecular weight excluding hydrogens is 320 g/mol. The number of ether oxygens (including phenoxy) is 1. The summed E-state index contributed by atoms with van der Waals surface area (Å²) in [5.41, 5.74) is 2.07. The molecule has 0 aliphatic rings. The van der Waals surface area contributed by atoms with Gasteiger partial charge in [0, 0.05) is 38.6 Å². The predicted octanol–water partition coefficient (Wildman–Crippen LogP) is 2.32. The monoisotopic (exact) mass is 348 g/mol. The number of hydrogen-bond acceptors (Lipinski definition) is 5. The maximum atomic E-state index is 5.40. The molecule has 0 aliphatic heterocycles. The minimum atomic E-state index is 0.541. The van der Waals surface area contributed by atoms with Gasteiger partial charge in [0.15, 0.2) is 5.96 Å². The zero-order valence-electron chi connectivity index (χ0n) is 15.3. The van der Waals surface area contributed by atoms with Crippen LogP contribution < -0.4 is 10.6 Å². The highest BCUT2D eigenvalue weighted by atomic mass is 16.5. The molecule has 0 atom stereocenters. The number of aromatic nitrogens is 1. The van der Waals surface area contributed by atoms with Gasteiger partial charge in [-0.25, -0.2) is 4.99 Å². The lowest BCUT2D eigenvalue weighted by Crippen LogP contribution is -2.40. The van der Waals surface area contributed by atoms with Crippen LogP contribution in [0.15, 0.2) is 32.3 Å². The molecule has 2 heterocycles. The van der Waals surface area contributed by atoms with Crippen LogP contribution in [0.4, 0.5) is 0 Å². The smallest absolute Gasteiger partial charge is 0.191 e. The average molecular weight is 348 g/mol. The summed E-state index contributed by atoms with van der Waals surface area (Å²) in [4.78, 5) is 4.68. The van der Waals surface area contributed by atoms with Gasteiger partial charge < -0.3 is 24.3 Å². The second-order valence-electron chi connectivity index (χ2n) is 5.58. The Bertz CT molecular complexity index is 613. The third-order valence-corrected chi connectivity index (χ3v) is 3.84. The van der Waals surface area contributed by atoms with E-state index >= 15 is 0 Å². The molecule has 2 rings (SSSR count). The van der Waals surface area contributed by atoms with Crippen LogP contribution in [0.5, 0.6) is 0 Å². The number of furan rings is 1. The summed E-state index contributed by atoms with van der Waals surface area (Å²) in [7, 11) is 1.68. The molecule has 2 aromatic rings. The van der Waals surface area contributed by atoms with Gasteiger partial charge in [0.1, 0.15) is 11.5 Å². The lowest BCUT2D eigenvalue weighted by molar-refractivity contribution is 0.203. The van der Waals surface area contributed by atoms with E-state index in [1.807, 2.05) is 12.1 Å². The fourth-order valence-corrected chi connectivity index (χ4v) is 2.48. The van der Waals surface area contributed by atoms with Gasteiger partial charge in [-0.05, 0) is 18.6 Å². The first-order chi connectivity index (χ1) is 12.3. The van der Waals surface area contributed by atoms with Crippen molar-refractivity contribution in [3.05, 3.63) is 41.2 Å². The number of nitrogens with zero attached hydrogens (tertiary/aromatic N) is 2. The third-order valence-electron chi connectivity index (χ3n) is 3.84. The molecule has 0 radical (unpaired) electrons. The van der Waals surface area contributed by atoms with Gasteiger partial charge in [0.2, 0.25) is 0 Å². The molecule has 0 saturated carbocycles. The molecular formula is C18H28N4O3. The van der Waals surface area contributed by atoms with Crippen molar-refractivity contribution in [1.82, 2.24) is 15.8 Å². The summed E-state index contributed by atoms with van der Waals surface area (Å²) in [5, 5.41) is 10.7. The average Bonchev–Trinajstić information content (AvgIpc) is 3.28. The van der Waals surface area contributed by atoms with Crippen LogP contribution in [-0.2, 0) is 30.5 Å². The topological polar surface area (TPSA) is 84.8 Å². The van der Waals surface area contributed by atoms with Crippen LogP contribution in [0, 0.1) is 0 Å². The lowest BCUT2D eigenvalue weighted by Gasteiger charge is -2.12. The summed E-state index contributed by atoms with van der Waals surface area (Å²) < 4.78 is 15.9. The highest BCUT2D eigenvalue weighted by Gasteiger charge is 2.13. The van der Waals surface area contributed by atoms with Crippen molar-refractivity contribution in [2.45, 2.75) is 39.7 Å². The number of aliphatic imine (C=N–C) groups is 1. The van der Waals surface area contributed by atoms with Gasteiger partial charge in [0.25, 0.3) is 0 Å². The van der Waals surface area contributed by atoms with E-state index in [0.29, 0.717) is 19.7 Å². The third kappa shape index (κ3) is 5.94. The number of rotatable bonds is 10. The van der Waals surface area contributed by atoms with E-state index < -0.39 is 0 Å². The van der Waals surface area contributed by atoms with E-state index in [-0.39, 0.29) is 0 Å². The Morgan fingerprint density at radius 3 is 2.76 bits per heavy atom. The van der Waals surface area contributed by atoms with Crippen LogP contribution in [0.1, 0.15) is 36.6 Å². The minimum Gasteiger partial charge on any atom is -0.469 e. The second kappa shape index (κ2) is 10.6. The predicted molar refractivity (Wildman–Crippen MR) is 96.7 cm³/mol. The normalized spacial score (nSPS) is 11.7. The lowest BCUT2D eigenvalue weighted by atomic mass is 10.1. The van der Waals surface area contributed by atoms with Crippen molar-refractivity contribution in [3.8, 4) is 0 Å². The Labute approximate surface area is 148 Å². The van der Waals surface area contributed by atoms with Gasteiger partial charge >= 0.3 is 0 Å². The first-order valence-corrected chi connectivity index (χ1v) is 8.78. The van der Waals surface area contributed by atoms with Crippen LogP contribution in [-0.4, -0.2) is 37.9 Å². The van der Waals surface area contributed by atoms with Crippen LogP contribution >= 0.6 is 0 Å². The molecule has 0 spiro atoms. The molecule has 0 unspecified atom stereocenters. The summed E-state index contributed by atoms with van der Waals surface area (Å²) in [5.74, 6) is 2.60. The summed E-state index contributed by atoms with van der Waals surface area (Å²) in [6.45, 7) is 6.72. The maximum absolute atomic E-state index is 5.40. The summed E-state index contributed by atoms with van der Waals surface area (Å²) in [6.07, 6.45) is 4.14. The molecule has 2 aromatic heterocycles. The SMILES string of the molecule is CCc1noc(CC)c1CN=C(NCCOC)NCCc1ccco1. The van der Waals surface area contributed by atoms with E-state index in [4.69, 9.17) is 13.7 Å². The zero-order valence-corrected chi connectivity index (χ0v) is 15.3. The number of aryl methyl sites for hydroxylation is 2. The van der Waals surface area contributed by atoms with Crippen LogP contribution in [0.3, 0.4) is 0 Å². The Morgan fingerprint density at radius 1 is 1.24 bits per heavy atom. The zero-order chi connectivity index (χ0) is 17.9. The molecule has 7 heteroatoms. The second-order valence-corrected chi connectivity index (χ2v) is 5.58. The quantitative estimate of drug-likeness (QED) is 0.389. The standard InChI is InChI=1S/C18H28N4O3/c1-4-16-15(17(5-2)25-22-16)13-21-18(20-10-12-23-3)19-9-8-14-7-6-11-24-14/h6-7,11H,4-5,8-10,12-13H2,1-3H3,(H2,19,20,21). The maximum Gasteiger partial charge on any atom is 0.191 e. The highest BCUT2D eigenvalue weighted by molar-refractivity contribution is 5.79. The number of guanidine groups is 1. The van der Waals surface area contributed by atoms with Crippen LogP contribution in [0.2, 0.25) is 0 Å². The fraction of sp³-hybridized carbons (Fsp3) is 0.556. The van der Waals surface area contributed by atoms with Gasteiger partial charge in [-0.15, -0.1) is 0 Å². The molecule has 0 aliphatic carbocycles. The molecule has 0 aromatic carbocycles. The van der Waals surface area contributed by atoms with Crippen molar-refractivity contribution < 1.29 is 13.7 Å². The summed E-state index contributed by atoms with van der Waals surface area (Å²) in [6, 6.07) is 3.86. The van der Waals surface area contributed by atoms with Gasteiger partial charge in [-0.3, -0.25) is 0 Å². The first kappa shape index (κ1) is 19.1. The minimum absolute atomic E-state index is 0.541. The van der Waals surface area contributed by atoms with E-state index in [9.17, 15) is 0 Å². The Morgan fingerprint density at radius 2 is 2.08 bits per heavy atom. The molecule has 25 heavy (non-hydrogen) atoms. The summed E-state index contributed by atoms with van der Waals surface area (Å²) >= 11 is 0. The Kier molecular flexibility index (Phi) is 8.04. The molecule has 7 nitrogen and oxygen atoms in total. The molecule has 0 saturated heterocycles. The highest BCUT2D eigenvalue weighted by Crippen LogP contribution is 2.16. The van der Waals surface area contributed by atoms with E-state index in [0.717, 1.165) is 54.5 Å². The molecule has 0 bridgehead atoms. The van der Waals surface area contributed by atoms with Crippen molar-refractivity contribution in [1.29, 1.82) is 0 Å². The Balaban J connectivity index is 1.97. The molecule has 0 amide bonds. The van der Waals surface area contributed by atoms with Crippen molar-refractivity contribution in [2.75, 3.05) is 26.8 Å². The van der Waals surface area contributed by atoms with Crippen molar-refractivity contribution in [2.24, 2.45) is 4.99 Å². The van der Waals surface area contributed by atoms with Gasteiger partial charge in [0.05, 0.1) is 25.1 Å². The van der Waals surface area contributed by atoms with Crippen molar-refractivity contribution in [3.63, 3.8) is 0 Å². The number of methoxy groups -OCH3 is 1. The number of hydrogen-bond donors (Lipinski definition) is 2. The molecule has 2 N–H and O–H groups in total. The van der Waals surface area contributed by atoms with E-state index in [1.54, 1.807) is 13.4 Å². The number of nitrogens with one attached hydrogen (secondary N) is 2. The first-order valence-electron chi connectivity index (χ1n) is 8.78. The molecule has 138 valence electrons. The van der Waals surface area contributed by atoms with Gasteiger partial charge in [-0.1, -0.05) is 19.0 Å². The van der Waals surface area contributed by atoms with E-state index in [1.165, 1.54) is 0 Å². The van der Waals surface area contributed by atoms with Crippen LogP contribution in [0.25, 0.3) is 0 Å². The van der Waals surface area contributed by atoms with E-state index in [2.05, 4.69) is 34.6 Å². The Hall–Kier alpha value is -2.28. The largest absolute Gasteiger partial charge is 0.469 e. The van der Waals surface area contributed by atoms with Gasteiger partial charge in [-0.2, -0.15) is 0 Å².